The van der Waals surface area contributed by atoms with Gasteiger partial charge in [-0.1, -0.05) is 48.5 Å². The molecule has 3 aromatic carbocycles. The van der Waals surface area contributed by atoms with Crippen molar-refractivity contribution in [2.24, 2.45) is 0 Å². The number of carbonyl (C=O) groups excluding carboxylic acids is 1. The summed E-state index contributed by atoms with van der Waals surface area (Å²) >= 11 is 0. The van der Waals surface area contributed by atoms with Gasteiger partial charge in [0.05, 0.1) is 5.56 Å². The highest BCUT2D eigenvalue weighted by atomic mass is 16.6. The van der Waals surface area contributed by atoms with Crippen LogP contribution in [0.5, 0.6) is 11.5 Å². The second-order valence-corrected chi connectivity index (χ2v) is 5.64. The number of para-hydroxylation sites is 2. The van der Waals surface area contributed by atoms with E-state index in [0.717, 1.165) is 16.7 Å². The first kappa shape index (κ1) is 12.5. The monoisotopic (exact) mass is 299 g/mol. The minimum Gasteiger partial charge on any atom is -0.456 e. The minimum absolute atomic E-state index is 0.330. The van der Waals surface area contributed by atoms with E-state index in [1.807, 2.05) is 60.7 Å². The van der Waals surface area contributed by atoms with Crippen molar-refractivity contribution in [3.63, 3.8) is 0 Å². The van der Waals surface area contributed by atoms with Crippen molar-refractivity contribution in [1.82, 2.24) is 0 Å². The Bertz CT molecular complexity index is 913. The van der Waals surface area contributed by atoms with Gasteiger partial charge >= 0.3 is 5.97 Å². The summed E-state index contributed by atoms with van der Waals surface area (Å²) in [4.78, 5) is 12.5. The second-order valence-electron chi connectivity index (χ2n) is 5.64. The molecule has 0 amide bonds. The van der Waals surface area contributed by atoms with Crippen molar-refractivity contribution in [1.29, 1.82) is 0 Å². The maximum atomic E-state index is 12.5. The highest BCUT2D eigenvalue weighted by Crippen LogP contribution is 2.55. The van der Waals surface area contributed by atoms with Crippen LogP contribution in [-0.2, 0) is 10.3 Å². The maximum absolute atomic E-state index is 12.5. The van der Waals surface area contributed by atoms with Crippen molar-refractivity contribution >= 4 is 5.97 Å². The van der Waals surface area contributed by atoms with Gasteiger partial charge in [-0.05, 0) is 24.3 Å². The van der Waals surface area contributed by atoms with Gasteiger partial charge in [0.25, 0.3) is 0 Å². The van der Waals surface area contributed by atoms with E-state index < -0.39 is 5.60 Å². The van der Waals surface area contributed by atoms with Gasteiger partial charge < -0.3 is 9.47 Å². The molecule has 0 N–H and O–H groups in total. The van der Waals surface area contributed by atoms with Gasteiger partial charge in [0.2, 0.25) is 0 Å². The summed E-state index contributed by atoms with van der Waals surface area (Å²) in [6, 6.07) is 23.7. The first-order valence-electron chi connectivity index (χ1n) is 7.41. The first-order chi connectivity index (χ1) is 11.3. The molecule has 0 aromatic heterocycles. The Morgan fingerprint density at radius 1 is 0.826 bits per heavy atom. The number of benzene rings is 3. The smallest absolute Gasteiger partial charge is 0.340 e. The van der Waals surface area contributed by atoms with Gasteiger partial charge in [-0.25, -0.2) is 4.79 Å². The van der Waals surface area contributed by atoms with Gasteiger partial charge in [0.1, 0.15) is 11.5 Å². The zero-order chi connectivity index (χ0) is 15.4. The Hall–Kier alpha value is -3.07. The van der Waals surface area contributed by atoms with Crippen LogP contribution in [0.15, 0.2) is 66.7 Å². The Labute approximate surface area is 133 Å². The van der Waals surface area contributed by atoms with Crippen molar-refractivity contribution in [3.8, 4) is 11.5 Å². The third-order valence-electron chi connectivity index (χ3n) is 4.46. The molecule has 2 aliphatic rings. The van der Waals surface area contributed by atoms with E-state index in [4.69, 9.17) is 9.47 Å². The molecule has 1 radical (unpaired) electrons. The fraction of sp³-hybridized carbons (Fsp3) is 0.0500. The van der Waals surface area contributed by atoms with Gasteiger partial charge in [-0.2, -0.15) is 0 Å². The minimum atomic E-state index is -0.951. The van der Waals surface area contributed by atoms with E-state index in [1.165, 1.54) is 0 Å². The summed E-state index contributed by atoms with van der Waals surface area (Å²) in [6.07, 6.45) is 0. The lowest BCUT2D eigenvalue weighted by atomic mass is 9.78. The lowest BCUT2D eigenvalue weighted by molar-refractivity contribution is 0.0224. The molecule has 0 bridgehead atoms. The number of hydrogen-bond donors (Lipinski definition) is 0. The molecule has 0 aliphatic carbocycles. The topological polar surface area (TPSA) is 35.5 Å². The number of hydrogen-bond acceptors (Lipinski definition) is 3. The van der Waals surface area contributed by atoms with Gasteiger partial charge in [-0.3, -0.25) is 0 Å². The molecule has 0 fully saturated rings. The predicted octanol–water partition coefficient (Wildman–Crippen LogP) is 4.05. The average Bonchev–Trinajstić information content (AvgIpc) is 2.90. The number of carbonyl (C=O) groups is 1. The summed E-state index contributed by atoms with van der Waals surface area (Å²) < 4.78 is 12.0. The normalized spacial score (nSPS) is 16.1. The van der Waals surface area contributed by atoms with Crippen LogP contribution in [0.1, 0.15) is 27.0 Å². The van der Waals surface area contributed by atoms with E-state index in [2.05, 4.69) is 6.07 Å². The number of rotatable bonds is 0. The van der Waals surface area contributed by atoms with E-state index >= 15 is 0 Å². The predicted molar refractivity (Wildman–Crippen MR) is 83.5 cm³/mol. The van der Waals surface area contributed by atoms with Crippen molar-refractivity contribution in [2.75, 3.05) is 0 Å². The highest BCUT2D eigenvalue weighted by molar-refractivity contribution is 5.96. The molecule has 1 spiro atoms. The van der Waals surface area contributed by atoms with Crippen LogP contribution in [0.3, 0.4) is 0 Å². The van der Waals surface area contributed by atoms with Crippen LogP contribution in [0.25, 0.3) is 0 Å². The van der Waals surface area contributed by atoms with Crippen LogP contribution < -0.4 is 4.74 Å². The zero-order valence-corrected chi connectivity index (χ0v) is 12.1. The largest absolute Gasteiger partial charge is 0.456 e. The number of ether oxygens (including phenoxy) is 2. The van der Waals surface area contributed by atoms with Crippen molar-refractivity contribution in [3.05, 3.63) is 95.1 Å². The first-order valence-corrected chi connectivity index (χ1v) is 7.41. The Morgan fingerprint density at radius 2 is 1.48 bits per heavy atom. The molecular weight excluding hydrogens is 288 g/mol. The molecule has 0 saturated carbocycles. The van der Waals surface area contributed by atoms with Crippen molar-refractivity contribution in [2.45, 2.75) is 5.60 Å². The fourth-order valence-electron chi connectivity index (χ4n) is 3.51. The van der Waals surface area contributed by atoms with Crippen LogP contribution in [0.4, 0.5) is 0 Å². The fourth-order valence-corrected chi connectivity index (χ4v) is 3.51. The third-order valence-corrected chi connectivity index (χ3v) is 4.46. The molecule has 0 saturated heterocycles. The lowest BCUT2D eigenvalue weighted by Crippen LogP contribution is -2.32. The molecular formula is C20H11O3. The SMILES string of the molecule is O=C1OC2(c3ccccc3Oc3ccccc32)c2cc[c]cc21. The second kappa shape index (κ2) is 4.23. The Balaban J connectivity index is 1.93. The molecule has 3 heteroatoms. The van der Waals surface area contributed by atoms with Crippen LogP contribution in [0, 0.1) is 6.07 Å². The average molecular weight is 299 g/mol. The maximum Gasteiger partial charge on any atom is 0.340 e. The molecule has 5 rings (SSSR count). The molecule has 0 unspecified atom stereocenters. The Morgan fingerprint density at radius 3 is 2.17 bits per heavy atom. The molecule has 3 nitrogen and oxygen atoms in total. The highest BCUT2D eigenvalue weighted by Gasteiger charge is 2.53. The van der Waals surface area contributed by atoms with E-state index in [0.29, 0.717) is 17.1 Å². The van der Waals surface area contributed by atoms with Crippen LogP contribution >= 0.6 is 0 Å². The summed E-state index contributed by atoms with van der Waals surface area (Å²) in [5, 5.41) is 0. The molecule has 0 atom stereocenters. The van der Waals surface area contributed by atoms with Crippen molar-refractivity contribution < 1.29 is 14.3 Å². The number of esters is 1. The summed E-state index contributed by atoms with van der Waals surface area (Å²) in [5.41, 5.74) is 2.13. The van der Waals surface area contributed by atoms with Gasteiger partial charge in [0.15, 0.2) is 5.60 Å². The number of fused-ring (bicyclic) bond motifs is 6. The van der Waals surface area contributed by atoms with Crippen LogP contribution in [-0.4, -0.2) is 5.97 Å². The Kier molecular flexibility index (Phi) is 2.29. The van der Waals surface area contributed by atoms with E-state index in [9.17, 15) is 4.79 Å². The van der Waals surface area contributed by atoms with Gasteiger partial charge in [0, 0.05) is 16.7 Å². The molecule has 2 heterocycles. The lowest BCUT2D eigenvalue weighted by Gasteiger charge is -2.36. The van der Waals surface area contributed by atoms with E-state index in [1.54, 1.807) is 6.07 Å². The van der Waals surface area contributed by atoms with Gasteiger partial charge in [-0.15, -0.1) is 0 Å². The summed E-state index contributed by atoms with van der Waals surface area (Å²) in [6.45, 7) is 0. The molecule has 2 aliphatic heterocycles. The molecule has 3 aromatic rings. The standard InChI is InChI=1S/C20H11O3/c21-19-13-7-1-2-8-14(13)20(23-19)15-9-3-5-11-17(15)22-18-12-6-4-10-16(18)20/h2-12H. The molecule has 23 heavy (non-hydrogen) atoms. The summed E-state index contributed by atoms with van der Waals surface area (Å²) in [5.74, 6) is 1.09. The zero-order valence-electron chi connectivity index (χ0n) is 12.1. The summed E-state index contributed by atoms with van der Waals surface area (Å²) in [7, 11) is 0. The van der Waals surface area contributed by atoms with E-state index in [-0.39, 0.29) is 5.97 Å². The third kappa shape index (κ3) is 1.46. The molecule has 109 valence electrons. The quantitative estimate of drug-likeness (QED) is 0.587. The van der Waals surface area contributed by atoms with Crippen LogP contribution in [0.2, 0.25) is 0 Å².